The fraction of sp³-hybridized carbons (Fsp3) is 0.406. The Kier molecular flexibility index (Phi) is 13.8. The number of aromatic nitrogens is 1. The highest BCUT2D eigenvalue weighted by molar-refractivity contribution is 7.90. The van der Waals surface area contributed by atoms with Crippen LogP contribution in [0.4, 0.5) is 19.3 Å². The van der Waals surface area contributed by atoms with Crippen LogP contribution in [0.2, 0.25) is 5.02 Å². The number of unbranched alkanes of at least 4 members (excludes halogenated alkanes) is 1. The van der Waals surface area contributed by atoms with Crippen molar-refractivity contribution in [3.63, 3.8) is 0 Å². The highest BCUT2D eigenvalue weighted by Gasteiger charge is 2.28. The van der Waals surface area contributed by atoms with Crippen molar-refractivity contribution in [3.05, 3.63) is 76.4 Å². The van der Waals surface area contributed by atoms with E-state index in [1.807, 2.05) is 6.07 Å². The number of ether oxygens (including phenoxy) is 1. The molecule has 10 nitrogen and oxygen atoms in total. The molecule has 4 N–H and O–H groups in total. The van der Waals surface area contributed by atoms with Crippen LogP contribution in [0.3, 0.4) is 0 Å². The number of benzene rings is 2. The molecule has 1 atom stereocenters. The second-order valence-electron chi connectivity index (χ2n) is 11.5. The Hall–Kier alpha value is -3.52. The fourth-order valence-corrected chi connectivity index (χ4v) is 6.36. The molecule has 3 aromatic rings. The van der Waals surface area contributed by atoms with Crippen molar-refractivity contribution in [1.29, 1.82) is 0 Å². The minimum atomic E-state index is -3.39. The van der Waals surface area contributed by atoms with E-state index in [0.717, 1.165) is 63.1 Å². The van der Waals surface area contributed by atoms with Crippen LogP contribution in [0.1, 0.15) is 50.2 Å². The maximum atomic E-state index is 14.4. The number of likely N-dealkylation sites (tertiary alicyclic amines) is 1. The van der Waals surface area contributed by atoms with E-state index in [4.69, 9.17) is 22.1 Å². The molecule has 3 amide bonds. The number of nitrogens with zero attached hydrogens (tertiary/aromatic N) is 2. The molecular weight excluding hydrogens is 675 g/mol. The Morgan fingerprint density at radius 3 is 2.45 bits per heavy atom. The van der Waals surface area contributed by atoms with E-state index in [-0.39, 0.29) is 45.5 Å². The first kappa shape index (κ1) is 37.9. The number of halogens is 4. The molecule has 0 spiro atoms. The number of amides is 3. The highest BCUT2D eigenvalue weighted by atomic mass is 35.5. The first-order chi connectivity index (χ1) is 21.8. The predicted octanol–water partition coefficient (Wildman–Crippen LogP) is 6.25. The summed E-state index contributed by atoms with van der Waals surface area (Å²) in [6.45, 7) is 4.36. The summed E-state index contributed by atoms with van der Waals surface area (Å²) in [5, 5.41) is 5.62. The fourth-order valence-electron chi connectivity index (χ4n) is 5.43. The molecule has 2 aromatic carbocycles. The molecule has 47 heavy (non-hydrogen) atoms. The number of piperidine rings is 1. The Morgan fingerprint density at radius 2 is 1.85 bits per heavy atom. The lowest BCUT2D eigenvalue weighted by molar-refractivity contribution is -0.117. The van der Waals surface area contributed by atoms with Crippen molar-refractivity contribution in [2.45, 2.75) is 62.9 Å². The number of carbonyl (C=O) groups is 2. The molecule has 0 radical (unpaired) electrons. The number of hydrogen-bond donors (Lipinski definition) is 3. The third-order valence-electron chi connectivity index (χ3n) is 7.89. The number of nitrogens with two attached hydrogens (primary N) is 1. The normalized spacial score (nSPS) is 14.6. The van der Waals surface area contributed by atoms with E-state index in [0.29, 0.717) is 24.2 Å². The van der Waals surface area contributed by atoms with Crippen molar-refractivity contribution in [1.82, 2.24) is 15.2 Å². The van der Waals surface area contributed by atoms with Gasteiger partial charge in [0, 0.05) is 37.2 Å². The maximum Gasteiger partial charge on any atom is 0.319 e. The number of carbonyl (C=O) groups excluding carboxylic acids is 2. The summed E-state index contributed by atoms with van der Waals surface area (Å²) in [7, 11) is -3.39. The van der Waals surface area contributed by atoms with Gasteiger partial charge in [-0.3, -0.25) is 9.69 Å². The number of hydrogen-bond acceptors (Lipinski definition) is 7. The smallest absolute Gasteiger partial charge is 0.319 e. The van der Waals surface area contributed by atoms with Gasteiger partial charge in [0.05, 0.1) is 22.0 Å². The molecule has 0 aliphatic carbocycles. The Balaban J connectivity index is 0.00000600. The number of urea groups is 1. The average Bonchev–Trinajstić information content (AvgIpc) is 2.99. The SMILES string of the molecule is CCCCC(NC(=O)Nc1cc(CC(N)=O)c(F)cc1F)C1CCN(Cc2ccc(Oc3ccc(S(C)(=O)=O)cc3Cl)nc2)CC1.Cl. The summed E-state index contributed by atoms with van der Waals surface area (Å²) in [6.07, 6.45) is 6.73. The van der Waals surface area contributed by atoms with Crippen molar-refractivity contribution in [2.75, 3.05) is 24.7 Å². The van der Waals surface area contributed by atoms with Gasteiger partial charge in [0.2, 0.25) is 11.8 Å². The van der Waals surface area contributed by atoms with Gasteiger partial charge in [-0.15, -0.1) is 12.4 Å². The zero-order valence-corrected chi connectivity index (χ0v) is 28.5. The van der Waals surface area contributed by atoms with Gasteiger partial charge in [-0.25, -0.2) is 27.0 Å². The first-order valence-electron chi connectivity index (χ1n) is 15.0. The van der Waals surface area contributed by atoms with Gasteiger partial charge in [-0.1, -0.05) is 37.4 Å². The van der Waals surface area contributed by atoms with Crippen LogP contribution in [-0.4, -0.2) is 55.6 Å². The number of sulfone groups is 1. The quantitative estimate of drug-likeness (QED) is 0.190. The molecule has 1 aliphatic heterocycles. The van der Waals surface area contributed by atoms with Crippen LogP contribution in [0.15, 0.2) is 53.6 Å². The van der Waals surface area contributed by atoms with Crippen LogP contribution in [0.5, 0.6) is 11.6 Å². The van der Waals surface area contributed by atoms with E-state index in [9.17, 15) is 26.8 Å². The molecule has 1 aromatic heterocycles. The summed E-state index contributed by atoms with van der Waals surface area (Å²) < 4.78 is 57.7. The minimum Gasteiger partial charge on any atom is -0.437 e. The van der Waals surface area contributed by atoms with Crippen LogP contribution < -0.4 is 21.1 Å². The number of nitrogens with one attached hydrogen (secondary N) is 2. The zero-order valence-electron chi connectivity index (χ0n) is 26.1. The molecule has 1 saturated heterocycles. The lowest BCUT2D eigenvalue weighted by atomic mass is 9.86. The third kappa shape index (κ3) is 11.0. The second-order valence-corrected chi connectivity index (χ2v) is 13.9. The average molecular weight is 715 g/mol. The van der Waals surface area contributed by atoms with Gasteiger partial charge in [0.1, 0.15) is 17.4 Å². The van der Waals surface area contributed by atoms with Gasteiger partial charge in [0.15, 0.2) is 9.84 Å². The van der Waals surface area contributed by atoms with Crippen molar-refractivity contribution < 1.29 is 31.5 Å². The monoisotopic (exact) mass is 713 g/mol. The standard InChI is InChI=1S/C32H38ClF2N5O5S.ClH/c1-3-4-5-27(38-32(42)39-28-14-22(15-30(36)41)25(34)17-26(28)35)21-10-12-40(13-11-21)19-20-6-9-31(37-18-20)45-29-8-7-23(16-24(29)33)46(2,43)44;/h6-9,14,16-18,21,27H,3-5,10-13,15,19H2,1-2H3,(H2,36,41)(H2,38,39,42);1H. The number of primary amides is 1. The molecule has 1 unspecified atom stereocenters. The molecule has 2 heterocycles. The zero-order chi connectivity index (χ0) is 33.4. The van der Waals surface area contributed by atoms with Gasteiger partial charge in [0.25, 0.3) is 0 Å². The lowest BCUT2D eigenvalue weighted by Gasteiger charge is -2.36. The summed E-state index contributed by atoms with van der Waals surface area (Å²) in [5.41, 5.74) is 5.82. The second kappa shape index (κ2) is 17.0. The van der Waals surface area contributed by atoms with E-state index in [1.165, 1.54) is 18.2 Å². The Labute approximate surface area is 284 Å². The minimum absolute atomic E-state index is 0. The largest absolute Gasteiger partial charge is 0.437 e. The third-order valence-corrected chi connectivity index (χ3v) is 9.29. The molecule has 4 rings (SSSR count). The van der Waals surface area contributed by atoms with Crippen molar-refractivity contribution in [3.8, 4) is 11.6 Å². The number of rotatable bonds is 13. The molecular formula is C32H39Cl2F2N5O5S. The van der Waals surface area contributed by atoms with E-state index < -0.39 is 39.8 Å². The summed E-state index contributed by atoms with van der Waals surface area (Å²) in [5.74, 6) is -1.78. The van der Waals surface area contributed by atoms with Crippen molar-refractivity contribution in [2.24, 2.45) is 11.7 Å². The maximum absolute atomic E-state index is 14.4. The van der Waals surface area contributed by atoms with Crippen LogP contribution >= 0.6 is 24.0 Å². The molecule has 256 valence electrons. The predicted molar refractivity (Wildman–Crippen MR) is 179 cm³/mol. The van der Waals surface area contributed by atoms with Gasteiger partial charge in [-0.2, -0.15) is 0 Å². The Morgan fingerprint density at radius 1 is 1.13 bits per heavy atom. The topological polar surface area (TPSA) is 144 Å². The molecule has 0 saturated carbocycles. The Bertz CT molecular complexity index is 1660. The number of anilines is 1. The van der Waals surface area contributed by atoms with E-state index in [2.05, 4.69) is 27.4 Å². The van der Waals surface area contributed by atoms with Gasteiger partial charge < -0.3 is 21.1 Å². The van der Waals surface area contributed by atoms with Gasteiger partial charge >= 0.3 is 6.03 Å². The summed E-state index contributed by atoms with van der Waals surface area (Å²) >= 11 is 6.21. The summed E-state index contributed by atoms with van der Waals surface area (Å²) in [4.78, 5) is 30.9. The van der Waals surface area contributed by atoms with E-state index in [1.54, 1.807) is 12.3 Å². The number of pyridine rings is 1. The summed E-state index contributed by atoms with van der Waals surface area (Å²) in [6, 6.07) is 8.90. The van der Waals surface area contributed by atoms with Crippen LogP contribution in [0.25, 0.3) is 0 Å². The molecule has 1 aliphatic rings. The van der Waals surface area contributed by atoms with Crippen LogP contribution in [0, 0.1) is 17.6 Å². The van der Waals surface area contributed by atoms with Gasteiger partial charge in [-0.05, 0) is 73.7 Å². The molecule has 0 bridgehead atoms. The van der Waals surface area contributed by atoms with E-state index >= 15 is 0 Å². The lowest BCUT2D eigenvalue weighted by Crippen LogP contribution is -2.46. The van der Waals surface area contributed by atoms with Crippen LogP contribution in [-0.2, 0) is 27.6 Å². The highest BCUT2D eigenvalue weighted by Crippen LogP contribution is 2.31. The van der Waals surface area contributed by atoms with Crippen molar-refractivity contribution >= 4 is 51.5 Å². The molecule has 1 fully saturated rings. The molecule has 15 heteroatoms. The first-order valence-corrected chi connectivity index (χ1v) is 17.3.